The molecule has 0 spiro atoms. The summed E-state index contributed by atoms with van der Waals surface area (Å²) >= 11 is 0. The molecular formula is C18H20N4O2. The van der Waals surface area contributed by atoms with Crippen LogP contribution in [0.25, 0.3) is 0 Å². The van der Waals surface area contributed by atoms with Crippen LogP contribution in [0.3, 0.4) is 0 Å². The molecule has 0 aliphatic carbocycles. The number of carbonyl (C=O) groups is 2. The Morgan fingerprint density at radius 1 is 1.21 bits per heavy atom. The summed E-state index contributed by atoms with van der Waals surface area (Å²) in [6.45, 7) is 2.14. The zero-order valence-corrected chi connectivity index (χ0v) is 13.6. The fourth-order valence-corrected chi connectivity index (χ4v) is 2.57. The highest BCUT2D eigenvalue weighted by atomic mass is 16.2. The third-order valence-corrected chi connectivity index (χ3v) is 4.08. The number of hydrogen-bond donors (Lipinski definition) is 1. The van der Waals surface area contributed by atoms with E-state index in [2.05, 4.69) is 10.3 Å². The van der Waals surface area contributed by atoms with Crippen molar-refractivity contribution in [1.82, 2.24) is 15.2 Å². The Kier molecular flexibility index (Phi) is 4.74. The Hall–Kier alpha value is -2.89. The highest BCUT2D eigenvalue weighted by molar-refractivity contribution is 5.95. The molecule has 1 aromatic heterocycles. The molecule has 124 valence electrons. The molecule has 3 rings (SSSR count). The van der Waals surface area contributed by atoms with E-state index in [0.29, 0.717) is 37.6 Å². The van der Waals surface area contributed by atoms with E-state index in [4.69, 9.17) is 0 Å². The van der Waals surface area contributed by atoms with Crippen LogP contribution in [0.5, 0.6) is 0 Å². The quantitative estimate of drug-likeness (QED) is 0.920. The van der Waals surface area contributed by atoms with Crippen LogP contribution in [0.1, 0.15) is 15.9 Å². The van der Waals surface area contributed by atoms with Crippen molar-refractivity contribution in [3.63, 3.8) is 0 Å². The molecule has 24 heavy (non-hydrogen) atoms. The van der Waals surface area contributed by atoms with Crippen molar-refractivity contribution >= 4 is 17.6 Å². The summed E-state index contributed by atoms with van der Waals surface area (Å²) in [5.74, 6) is 0.564. The number of aromatic nitrogens is 1. The number of amides is 2. The monoisotopic (exact) mass is 324 g/mol. The van der Waals surface area contributed by atoms with Gasteiger partial charge in [-0.15, -0.1) is 0 Å². The minimum atomic E-state index is -0.150. The number of benzene rings is 1. The molecule has 1 N–H and O–H groups in total. The molecule has 1 aromatic carbocycles. The molecule has 1 saturated heterocycles. The first kappa shape index (κ1) is 16.0. The predicted molar refractivity (Wildman–Crippen MR) is 91.7 cm³/mol. The maximum atomic E-state index is 12.3. The molecule has 6 heteroatoms. The van der Waals surface area contributed by atoms with Gasteiger partial charge in [0.1, 0.15) is 5.82 Å². The van der Waals surface area contributed by atoms with Crippen LogP contribution in [-0.2, 0) is 11.3 Å². The molecule has 2 heterocycles. The van der Waals surface area contributed by atoms with Gasteiger partial charge in [-0.25, -0.2) is 4.98 Å². The molecule has 0 bridgehead atoms. The first-order chi connectivity index (χ1) is 11.6. The van der Waals surface area contributed by atoms with Gasteiger partial charge in [-0.1, -0.05) is 30.3 Å². The summed E-state index contributed by atoms with van der Waals surface area (Å²) in [5.41, 5.74) is 1.59. The minimum absolute atomic E-state index is 0.0574. The Labute approximate surface area is 141 Å². The van der Waals surface area contributed by atoms with Gasteiger partial charge in [0, 0.05) is 38.4 Å². The van der Waals surface area contributed by atoms with Crippen LogP contribution in [0.4, 0.5) is 5.82 Å². The third-order valence-electron chi connectivity index (χ3n) is 4.08. The summed E-state index contributed by atoms with van der Waals surface area (Å²) in [6.07, 6.45) is 1.61. The van der Waals surface area contributed by atoms with Crippen LogP contribution in [-0.4, -0.2) is 48.4 Å². The maximum Gasteiger partial charge on any atom is 0.251 e. The molecule has 0 radical (unpaired) electrons. The van der Waals surface area contributed by atoms with Crippen molar-refractivity contribution in [1.29, 1.82) is 0 Å². The predicted octanol–water partition coefficient (Wildman–Crippen LogP) is 1.29. The number of hydrogen-bond acceptors (Lipinski definition) is 4. The maximum absolute atomic E-state index is 12.3. The standard InChI is InChI=1S/C18H20N4O2/c1-21-9-10-22(13-17(21)23)16-11-15(7-8-19-16)18(24)20-12-14-5-3-2-4-6-14/h2-8,11H,9-10,12-13H2,1H3,(H,20,24). The summed E-state index contributed by atoms with van der Waals surface area (Å²) < 4.78 is 0. The number of nitrogens with one attached hydrogen (secondary N) is 1. The number of carbonyl (C=O) groups excluding carboxylic acids is 2. The van der Waals surface area contributed by atoms with Crippen LogP contribution in [0.2, 0.25) is 0 Å². The third kappa shape index (κ3) is 3.71. The van der Waals surface area contributed by atoms with Gasteiger partial charge in [-0.05, 0) is 17.7 Å². The van der Waals surface area contributed by atoms with E-state index in [9.17, 15) is 9.59 Å². The molecule has 1 aliphatic heterocycles. The lowest BCUT2D eigenvalue weighted by molar-refractivity contribution is -0.129. The minimum Gasteiger partial charge on any atom is -0.348 e. The second kappa shape index (κ2) is 7.12. The number of piperazine rings is 1. The molecule has 0 unspecified atom stereocenters. The summed E-state index contributed by atoms with van der Waals surface area (Å²) in [4.78, 5) is 32.1. The van der Waals surface area contributed by atoms with Gasteiger partial charge >= 0.3 is 0 Å². The topological polar surface area (TPSA) is 65.5 Å². The van der Waals surface area contributed by atoms with Gasteiger partial charge < -0.3 is 15.1 Å². The van der Waals surface area contributed by atoms with E-state index in [-0.39, 0.29) is 11.8 Å². The van der Waals surface area contributed by atoms with E-state index in [1.807, 2.05) is 35.2 Å². The van der Waals surface area contributed by atoms with Crippen molar-refractivity contribution in [3.05, 3.63) is 59.8 Å². The fourth-order valence-electron chi connectivity index (χ4n) is 2.57. The number of likely N-dealkylation sites (N-methyl/N-ethyl adjacent to an activating group) is 1. The normalized spacial score (nSPS) is 14.6. The van der Waals surface area contributed by atoms with Crippen molar-refractivity contribution in [2.45, 2.75) is 6.54 Å². The molecule has 1 aliphatic rings. The number of rotatable bonds is 4. The Morgan fingerprint density at radius 2 is 2.00 bits per heavy atom. The van der Waals surface area contributed by atoms with Gasteiger partial charge in [-0.3, -0.25) is 9.59 Å². The number of anilines is 1. The van der Waals surface area contributed by atoms with Crippen molar-refractivity contribution in [2.75, 3.05) is 31.6 Å². The lowest BCUT2D eigenvalue weighted by Crippen LogP contribution is -2.48. The molecule has 2 aromatic rings. The Bertz CT molecular complexity index is 733. The number of pyridine rings is 1. The smallest absolute Gasteiger partial charge is 0.251 e. The van der Waals surface area contributed by atoms with Crippen molar-refractivity contribution < 1.29 is 9.59 Å². The van der Waals surface area contributed by atoms with E-state index >= 15 is 0 Å². The molecule has 0 saturated carbocycles. The van der Waals surface area contributed by atoms with E-state index in [1.165, 1.54) is 0 Å². The summed E-state index contributed by atoms with van der Waals surface area (Å²) in [7, 11) is 1.79. The van der Waals surface area contributed by atoms with Crippen LogP contribution in [0.15, 0.2) is 48.7 Å². The largest absolute Gasteiger partial charge is 0.348 e. The second-order valence-electron chi connectivity index (χ2n) is 5.81. The van der Waals surface area contributed by atoms with Crippen LogP contribution in [0, 0.1) is 0 Å². The van der Waals surface area contributed by atoms with Gasteiger partial charge in [0.15, 0.2) is 0 Å². The molecular weight excluding hydrogens is 304 g/mol. The first-order valence-corrected chi connectivity index (χ1v) is 7.90. The van der Waals surface area contributed by atoms with E-state index in [0.717, 1.165) is 5.56 Å². The lowest BCUT2D eigenvalue weighted by Gasteiger charge is -2.32. The Balaban J connectivity index is 1.66. The van der Waals surface area contributed by atoms with Gasteiger partial charge in [0.2, 0.25) is 5.91 Å². The fraction of sp³-hybridized carbons (Fsp3) is 0.278. The highest BCUT2D eigenvalue weighted by Crippen LogP contribution is 2.15. The SMILES string of the molecule is CN1CCN(c2cc(C(=O)NCc3ccccc3)ccn2)CC1=O. The van der Waals surface area contributed by atoms with Gasteiger partial charge in [-0.2, -0.15) is 0 Å². The summed E-state index contributed by atoms with van der Waals surface area (Å²) in [6, 6.07) is 13.2. The average molecular weight is 324 g/mol. The van der Waals surface area contributed by atoms with E-state index < -0.39 is 0 Å². The van der Waals surface area contributed by atoms with Gasteiger partial charge in [0.25, 0.3) is 5.91 Å². The molecule has 6 nitrogen and oxygen atoms in total. The zero-order chi connectivity index (χ0) is 16.9. The second-order valence-corrected chi connectivity index (χ2v) is 5.81. The van der Waals surface area contributed by atoms with Gasteiger partial charge in [0.05, 0.1) is 6.54 Å². The molecule has 0 atom stereocenters. The van der Waals surface area contributed by atoms with E-state index in [1.54, 1.807) is 30.3 Å². The van der Waals surface area contributed by atoms with Crippen molar-refractivity contribution in [2.24, 2.45) is 0 Å². The summed E-state index contributed by atoms with van der Waals surface area (Å²) in [5, 5.41) is 2.90. The Morgan fingerprint density at radius 3 is 2.75 bits per heavy atom. The van der Waals surface area contributed by atoms with Crippen molar-refractivity contribution in [3.8, 4) is 0 Å². The zero-order valence-electron chi connectivity index (χ0n) is 13.6. The highest BCUT2D eigenvalue weighted by Gasteiger charge is 2.22. The molecule has 1 fully saturated rings. The average Bonchev–Trinajstić information content (AvgIpc) is 2.63. The van der Waals surface area contributed by atoms with Crippen LogP contribution < -0.4 is 10.2 Å². The lowest BCUT2D eigenvalue weighted by atomic mass is 10.2. The number of nitrogens with zero attached hydrogens (tertiary/aromatic N) is 3. The van der Waals surface area contributed by atoms with Crippen LogP contribution >= 0.6 is 0 Å². The first-order valence-electron chi connectivity index (χ1n) is 7.90. The molecule has 2 amide bonds.